The molecule has 0 radical (unpaired) electrons. The molecule has 5 nitrogen and oxygen atoms in total. The first kappa shape index (κ1) is 11.9. The molecule has 0 aromatic carbocycles. The maximum Gasteiger partial charge on any atom is 0.278 e. The molecule has 1 aliphatic rings. The van der Waals surface area contributed by atoms with E-state index in [9.17, 15) is 4.79 Å². The predicted octanol–water partition coefficient (Wildman–Crippen LogP) is 1.15. The molecule has 1 amide bonds. The van der Waals surface area contributed by atoms with Crippen molar-refractivity contribution in [3.05, 3.63) is 24.4 Å². The van der Waals surface area contributed by atoms with Crippen molar-refractivity contribution < 1.29 is 9.53 Å². The predicted molar refractivity (Wildman–Crippen MR) is 63.0 cm³/mol. The monoisotopic (exact) mass is 235 g/mol. The number of pyridine rings is 1. The van der Waals surface area contributed by atoms with Crippen LogP contribution in [0.4, 0.5) is 0 Å². The third kappa shape index (κ3) is 2.55. The van der Waals surface area contributed by atoms with Crippen LogP contribution in [0.3, 0.4) is 0 Å². The molecule has 1 saturated carbocycles. The second-order valence-corrected chi connectivity index (χ2v) is 4.30. The Morgan fingerprint density at radius 3 is 2.71 bits per heavy atom. The van der Waals surface area contributed by atoms with E-state index in [4.69, 9.17) is 10.6 Å². The molecular formula is C12H17N3O2. The number of nitrogens with zero attached hydrogens (tertiary/aromatic N) is 1. The molecule has 92 valence electrons. The molecule has 1 fully saturated rings. The lowest BCUT2D eigenvalue weighted by atomic mass is 9.84. The number of hydrogen-bond donors (Lipinski definition) is 2. The zero-order valence-corrected chi connectivity index (χ0v) is 9.69. The number of hydrazine groups is 1. The number of rotatable bonds is 3. The summed E-state index contributed by atoms with van der Waals surface area (Å²) in [6.07, 6.45) is 6.09. The van der Waals surface area contributed by atoms with Crippen molar-refractivity contribution in [1.29, 1.82) is 0 Å². The maximum atomic E-state index is 11.9. The van der Waals surface area contributed by atoms with Crippen LogP contribution in [0.5, 0.6) is 5.88 Å². The van der Waals surface area contributed by atoms with Gasteiger partial charge in [0.15, 0.2) is 5.60 Å². The molecule has 17 heavy (non-hydrogen) atoms. The molecule has 1 aromatic rings. The smallest absolute Gasteiger partial charge is 0.278 e. The molecule has 0 bridgehead atoms. The number of carbonyl (C=O) groups is 1. The summed E-state index contributed by atoms with van der Waals surface area (Å²) >= 11 is 0. The molecule has 1 aromatic heterocycles. The van der Waals surface area contributed by atoms with Crippen molar-refractivity contribution in [2.75, 3.05) is 0 Å². The van der Waals surface area contributed by atoms with Gasteiger partial charge < -0.3 is 4.74 Å². The number of amides is 1. The van der Waals surface area contributed by atoms with Crippen molar-refractivity contribution in [2.45, 2.75) is 37.7 Å². The first-order valence-electron chi connectivity index (χ1n) is 5.88. The van der Waals surface area contributed by atoms with Crippen LogP contribution in [0.15, 0.2) is 24.4 Å². The van der Waals surface area contributed by atoms with Gasteiger partial charge in [-0.15, -0.1) is 0 Å². The number of aromatic nitrogens is 1. The summed E-state index contributed by atoms with van der Waals surface area (Å²) in [5, 5.41) is 0. The topological polar surface area (TPSA) is 77.2 Å². The third-order valence-electron chi connectivity index (χ3n) is 3.14. The lowest BCUT2D eigenvalue weighted by molar-refractivity contribution is -0.140. The summed E-state index contributed by atoms with van der Waals surface area (Å²) in [7, 11) is 0. The van der Waals surface area contributed by atoms with Crippen LogP contribution in [-0.2, 0) is 4.79 Å². The fourth-order valence-corrected chi connectivity index (χ4v) is 2.24. The van der Waals surface area contributed by atoms with E-state index in [0.717, 1.165) is 19.3 Å². The summed E-state index contributed by atoms with van der Waals surface area (Å²) in [6.45, 7) is 0. The summed E-state index contributed by atoms with van der Waals surface area (Å²) in [5.74, 6) is 5.45. The van der Waals surface area contributed by atoms with Crippen molar-refractivity contribution in [2.24, 2.45) is 5.84 Å². The van der Waals surface area contributed by atoms with Crippen LogP contribution in [0.1, 0.15) is 32.1 Å². The number of carbonyl (C=O) groups excluding carboxylic acids is 1. The van der Waals surface area contributed by atoms with Gasteiger partial charge in [-0.25, -0.2) is 10.8 Å². The molecule has 0 saturated heterocycles. The number of ether oxygens (including phenoxy) is 1. The number of nitrogens with one attached hydrogen (secondary N) is 1. The molecule has 1 aliphatic carbocycles. The Labute approximate surface area is 100 Å². The average Bonchev–Trinajstić information content (AvgIpc) is 2.40. The summed E-state index contributed by atoms with van der Waals surface area (Å²) in [4.78, 5) is 16.0. The van der Waals surface area contributed by atoms with Crippen LogP contribution >= 0.6 is 0 Å². The lowest BCUT2D eigenvalue weighted by Gasteiger charge is -2.34. The molecule has 1 heterocycles. The van der Waals surface area contributed by atoms with Gasteiger partial charge in [0.05, 0.1) is 0 Å². The van der Waals surface area contributed by atoms with Gasteiger partial charge in [-0.3, -0.25) is 10.2 Å². The van der Waals surface area contributed by atoms with E-state index in [-0.39, 0.29) is 5.91 Å². The Bertz CT molecular complexity index is 375. The molecule has 0 spiro atoms. The van der Waals surface area contributed by atoms with Gasteiger partial charge >= 0.3 is 0 Å². The van der Waals surface area contributed by atoms with Crippen molar-refractivity contribution >= 4 is 5.91 Å². The molecule has 0 unspecified atom stereocenters. The highest BCUT2D eigenvalue weighted by atomic mass is 16.5. The van der Waals surface area contributed by atoms with E-state index in [1.54, 1.807) is 12.3 Å². The molecule has 0 atom stereocenters. The first-order chi connectivity index (χ1) is 8.27. The Morgan fingerprint density at radius 1 is 1.35 bits per heavy atom. The molecule has 3 N–H and O–H groups in total. The van der Waals surface area contributed by atoms with Gasteiger partial charge in [-0.05, 0) is 31.7 Å². The zero-order chi connectivity index (χ0) is 12.1. The minimum absolute atomic E-state index is 0.261. The summed E-state index contributed by atoms with van der Waals surface area (Å²) in [6, 6.07) is 5.39. The molecule has 0 aliphatic heterocycles. The first-order valence-corrected chi connectivity index (χ1v) is 5.88. The van der Waals surface area contributed by atoms with Gasteiger partial charge in [0.25, 0.3) is 5.91 Å². The summed E-state index contributed by atoms with van der Waals surface area (Å²) < 4.78 is 5.79. The highest BCUT2D eigenvalue weighted by Gasteiger charge is 2.41. The van der Waals surface area contributed by atoms with Crippen LogP contribution in [0, 0.1) is 0 Å². The Morgan fingerprint density at radius 2 is 2.12 bits per heavy atom. The Balaban J connectivity index is 2.19. The fraction of sp³-hybridized carbons (Fsp3) is 0.500. The molecular weight excluding hydrogens is 218 g/mol. The summed E-state index contributed by atoms with van der Waals surface area (Å²) in [5.41, 5.74) is 1.36. The van der Waals surface area contributed by atoms with Crippen molar-refractivity contribution in [3.63, 3.8) is 0 Å². The Hall–Kier alpha value is -1.62. The number of nitrogens with two attached hydrogens (primary N) is 1. The van der Waals surface area contributed by atoms with Gasteiger partial charge in [-0.2, -0.15) is 0 Å². The lowest BCUT2D eigenvalue weighted by Crippen LogP contribution is -2.54. The van der Waals surface area contributed by atoms with Crippen LogP contribution in [0.25, 0.3) is 0 Å². The van der Waals surface area contributed by atoms with Crippen LogP contribution < -0.4 is 16.0 Å². The maximum absolute atomic E-state index is 11.9. The Kier molecular flexibility index (Phi) is 3.58. The quantitative estimate of drug-likeness (QED) is 0.468. The van der Waals surface area contributed by atoms with E-state index in [2.05, 4.69) is 10.4 Å². The zero-order valence-electron chi connectivity index (χ0n) is 9.69. The second kappa shape index (κ2) is 5.14. The van der Waals surface area contributed by atoms with Gasteiger partial charge in [0.1, 0.15) is 0 Å². The van der Waals surface area contributed by atoms with E-state index in [1.165, 1.54) is 0 Å². The highest BCUT2D eigenvalue weighted by molar-refractivity contribution is 5.85. The minimum atomic E-state index is -0.846. The van der Waals surface area contributed by atoms with E-state index >= 15 is 0 Å². The van der Waals surface area contributed by atoms with Gasteiger partial charge in [0.2, 0.25) is 5.88 Å². The SMILES string of the molecule is NNC(=O)C1(Oc2ccccn2)CCCCC1. The van der Waals surface area contributed by atoms with Crippen molar-refractivity contribution in [1.82, 2.24) is 10.4 Å². The van der Waals surface area contributed by atoms with Crippen LogP contribution in [0.2, 0.25) is 0 Å². The van der Waals surface area contributed by atoms with Gasteiger partial charge in [-0.1, -0.05) is 12.5 Å². The second-order valence-electron chi connectivity index (χ2n) is 4.30. The highest BCUT2D eigenvalue weighted by Crippen LogP contribution is 2.32. The number of hydrogen-bond acceptors (Lipinski definition) is 4. The fourth-order valence-electron chi connectivity index (χ4n) is 2.24. The normalized spacial score (nSPS) is 18.4. The largest absolute Gasteiger partial charge is 0.461 e. The van der Waals surface area contributed by atoms with Gasteiger partial charge in [0, 0.05) is 12.3 Å². The van der Waals surface area contributed by atoms with Crippen LogP contribution in [-0.4, -0.2) is 16.5 Å². The standard InChI is InChI=1S/C12H17N3O2/c13-15-11(16)12(7-3-1-4-8-12)17-10-6-2-5-9-14-10/h2,5-6,9H,1,3-4,7-8,13H2,(H,15,16). The van der Waals surface area contributed by atoms with E-state index in [0.29, 0.717) is 18.7 Å². The van der Waals surface area contributed by atoms with E-state index < -0.39 is 5.60 Å². The average molecular weight is 235 g/mol. The third-order valence-corrected chi connectivity index (χ3v) is 3.14. The molecule has 5 heteroatoms. The molecule has 2 rings (SSSR count). The minimum Gasteiger partial charge on any atom is -0.461 e. The van der Waals surface area contributed by atoms with Crippen molar-refractivity contribution in [3.8, 4) is 5.88 Å². The van der Waals surface area contributed by atoms with E-state index in [1.807, 2.05) is 12.1 Å².